The largest absolute Gasteiger partial charge is 0.490 e. The van der Waals surface area contributed by atoms with Gasteiger partial charge < -0.3 is 15.0 Å². The highest BCUT2D eigenvalue weighted by Crippen LogP contribution is 2.32. The number of carbonyl (C=O) groups excluding carboxylic acids is 1. The monoisotopic (exact) mass is 363 g/mol. The average Bonchev–Trinajstić information content (AvgIpc) is 3.18. The van der Waals surface area contributed by atoms with Gasteiger partial charge in [-0.05, 0) is 23.8 Å². The standard InChI is InChI=1S/C20H21N5O2/c1-24(2)20(26)19(14-6-4-3-5-7-14)25-13-17(22-23-25)15-8-9-18-16(12-15)21-10-11-27-18/h3-9,12-13,19,21H,10-11H2,1-2H3. The highest BCUT2D eigenvalue weighted by Gasteiger charge is 2.26. The lowest BCUT2D eigenvalue weighted by molar-refractivity contribution is -0.131. The molecule has 2 aromatic carbocycles. The molecule has 1 N–H and O–H groups in total. The maximum atomic E-state index is 12.8. The van der Waals surface area contributed by atoms with Crippen molar-refractivity contribution < 1.29 is 9.53 Å². The number of amides is 1. The molecular formula is C20H21N5O2. The summed E-state index contributed by atoms with van der Waals surface area (Å²) in [5, 5.41) is 11.9. The second kappa shape index (κ2) is 7.11. The third-order valence-electron chi connectivity index (χ3n) is 4.52. The Morgan fingerprint density at radius 2 is 2.04 bits per heavy atom. The molecule has 0 fully saturated rings. The van der Waals surface area contributed by atoms with Crippen molar-refractivity contribution in [2.75, 3.05) is 32.6 Å². The fraction of sp³-hybridized carbons (Fsp3) is 0.250. The number of nitrogens with one attached hydrogen (secondary N) is 1. The molecule has 1 amide bonds. The predicted molar refractivity (Wildman–Crippen MR) is 103 cm³/mol. The fourth-order valence-electron chi connectivity index (χ4n) is 3.12. The van der Waals surface area contributed by atoms with Crippen LogP contribution in [0.5, 0.6) is 5.75 Å². The van der Waals surface area contributed by atoms with Crippen molar-refractivity contribution >= 4 is 11.6 Å². The van der Waals surface area contributed by atoms with E-state index in [4.69, 9.17) is 4.74 Å². The van der Waals surface area contributed by atoms with E-state index in [9.17, 15) is 4.79 Å². The Morgan fingerprint density at radius 1 is 1.22 bits per heavy atom. The third-order valence-corrected chi connectivity index (χ3v) is 4.52. The zero-order valence-corrected chi connectivity index (χ0v) is 15.3. The summed E-state index contributed by atoms with van der Waals surface area (Å²) in [7, 11) is 3.48. The molecule has 0 saturated carbocycles. The first-order valence-corrected chi connectivity index (χ1v) is 8.82. The average molecular weight is 363 g/mol. The number of nitrogens with zero attached hydrogens (tertiary/aromatic N) is 4. The molecule has 1 aliphatic heterocycles. The van der Waals surface area contributed by atoms with Crippen molar-refractivity contribution in [3.63, 3.8) is 0 Å². The van der Waals surface area contributed by atoms with Gasteiger partial charge in [-0.1, -0.05) is 35.5 Å². The number of hydrogen-bond acceptors (Lipinski definition) is 5. The van der Waals surface area contributed by atoms with E-state index in [0.29, 0.717) is 12.3 Å². The molecule has 27 heavy (non-hydrogen) atoms. The number of fused-ring (bicyclic) bond motifs is 1. The number of carbonyl (C=O) groups is 1. The quantitative estimate of drug-likeness (QED) is 0.771. The van der Waals surface area contributed by atoms with E-state index in [0.717, 1.165) is 29.1 Å². The summed E-state index contributed by atoms with van der Waals surface area (Å²) < 4.78 is 7.24. The van der Waals surface area contributed by atoms with Crippen LogP contribution in [0.15, 0.2) is 54.7 Å². The normalized spacial score (nSPS) is 13.9. The van der Waals surface area contributed by atoms with Crippen molar-refractivity contribution in [2.45, 2.75) is 6.04 Å². The SMILES string of the molecule is CN(C)C(=O)C(c1ccccc1)n1cc(-c2ccc3c(c2)NCCO3)nn1. The van der Waals surface area contributed by atoms with Gasteiger partial charge in [0.05, 0.1) is 11.9 Å². The molecule has 1 aliphatic rings. The van der Waals surface area contributed by atoms with Gasteiger partial charge in [0.2, 0.25) is 0 Å². The summed E-state index contributed by atoms with van der Waals surface area (Å²) in [5.41, 5.74) is 3.44. The van der Waals surface area contributed by atoms with Gasteiger partial charge >= 0.3 is 0 Å². The number of anilines is 1. The number of hydrogen-bond donors (Lipinski definition) is 1. The van der Waals surface area contributed by atoms with Crippen molar-refractivity contribution in [1.82, 2.24) is 19.9 Å². The first-order valence-electron chi connectivity index (χ1n) is 8.82. The van der Waals surface area contributed by atoms with Crippen molar-refractivity contribution in [3.8, 4) is 17.0 Å². The predicted octanol–water partition coefficient (Wildman–Crippen LogP) is 2.43. The Kier molecular flexibility index (Phi) is 4.50. The summed E-state index contributed by atoms with van der Waals surface area (Å²) >= 11 is 0. The molecule has 1 aromatic heterocycles. The number of ether oxygens (including phenoxy) is 1. The molecule has 2 heterocycles. The Labute approximate surface area is 157 Å². The lowest BCUT2D eigenvalue weighted by atomic mass is 10.1. The van der Waals surface area contributed by atoms with Gasteiger partial charge in [0, 0.05) is 26.2 Å². The van der Waals surface area contributed by atoms with E-state index < -0.39 is 6.04 Å². The number of likely N-dealkylation sites (N-methyl/N-ethyl adjacent to an activating group) is 1. The maximum absolute atomic E-state index is 12.8. The first kappa shape index (κ1) is 17.1. The van der Waals surface area contributed by atoms with E-state index in [2.05, 4.69) is 15.6 Å². The molecule has 1 atom stereocenters. The van der Waals surface area contributed by atoms with Crippen LogP contribution in [0.25, 0.3) is 11.3 Å². The van der Waals surface area contributed by atoms with Crippen molar-refractivity contribution in [3.05, 3.63) is 60.3 Å². The van der Waals surface area contributed by atoms with Gasteiger partial charge in [-0.15, -0.1) is 5.10 Å². The summed E-state index contributed by atoms with van der Waals surface area (Å²) in [6.07, 6.45) is 1.81. The van der Waals surface area contributed by atoms with Crippen LogP contribution >= 0.6 is 0 Å². The smallest absolute Gasteiger partial charge is 0.251 e. The van der Waals surface area contributed by atoms with Crippen LogP contribution in [0.1, 0.15) is 11.6 Å². The highest BCUT2D eigenvalue weighted by atomic mass is 16.5. The van der Waals surface area contributed by atoms with Crippen LogP contribution < -0.4 is 10.1 Å². The van der Waals surface area contributed by atoms with Crippen LogP contribution in [-0.2, 0) is 4.79 Å². The van der Waals surface area contributed by atoms with Gasteiger partial charge in [-0.25, -0.2) is 4.68 Å². The van der Waals surface area contributed by atoms with Crippen LogP contribution in [0.3, 0.4) is 0 Å². The molecule has 3 aromatic rings. The Hall–Kier alpha value is -3.35. The zero-order valence-electron chi connectivity index (χ0n) is 15.3. The van der Waals surface area contributed by atoms with E-state index in [1.807, 2.05) is 54.7 Å². The minimum absolute atomic E-state index is 0.0573. The molecule has 7 nitrogen and oxygen atoms in total. The molecule has 0 radical (unpaired) electrons. The lowest BCUT2D eigenvalue weighted by Gasteiger charge is -2.20. The van der Waals surface area contributed by atoms with Gasteiger partial charge in [0.15, 0.2) is 6.04 Å². The van der Waals surface area contributed by atoms with E-state index in [1.54, 1.807) is 23.7 Å². The zero-order chi connectivity index (χ0) is 18.8. The van der Waals surface area contributed by atoms with Crippen molar-refractivity contribution in [2.24, 2.45) is 0 Å². The Balaban J connectivity index is 1.70. The first-order chi connectivity index (χ1) is 13.1. The lowest BCUT2D eigenvalue weighted by Crippen LogP contribution is -2.32. The third kappa shape index (κ3) is 3.36. The minimum Gasteiger partial charge on any atom is -0.490 e. The Bertz CT molecular complexity index is 952. The maximum Gasteiger partial charge on any atom is 0.251 e. The van der Waals surface area contributed by atoms with Crippen LogP contribution in [0, 0.1) is 0 Å². The summed E-state index contributed by atoms with van der Waals surface area (Å²) in [5.74, 6) is 0.778. The summed E-state index contributed by atoms with van der Waals surface area (Å²) in [6, 6.07) is 14.9. The second-order valence-corrected chi connectivity index (χ2v) is 6.62. The second-order valence-electron chi connectivity index (χ2n) is 6.62. The molecule has 0 spiro atoms. The van der Waals surface area contributed by atoms with E-state index in [-0.39, 0.29) is 5.91 Å². The number of benzene rings is 2. The van der Waals surface area contributed by atoms with E-state index >= 15 is 0 Å². The van der Waals surface area contributed by atoms with Crippen LogP contribution in [0.4, 0.5) is 5.69 Å². The topological polar surface area (TPSA) is 72.3 Å². The molecule has 4 rings (SSSR count). The molecule has 0 saturated heterocycles. The van der Waals surface area contributed by atoms with Gasteiger partial charge in [-0.3, -0.25) is 4.79 Å². The van der Waals surface area contributed by atoms with Gasteiger partial charge in [-0.2, -0.15) is 0 Å². The molecular weight excluding hydrogens is 342 g/mol. The molecule has 138 valence electrons. The number of rotatable bonds is 4. The van der Waals surface area contributed by atoms with Gasteiger partial charge in [0.1, 0.15) is 18.1 Å². The molecule has 0 aliphatic carbocycles. The van der Waals surface area contributed by atoms with E-state index in [1.165, 1.54) is 0 Å². The van der Waals surface area contributed by atoms with Crippen molar-refractivity contribution in [1.29, 1.82) is 0 Å². The number of aromatic nitrogens is 3. The molecule has 1 unspecified atom stereocenters. The van der Waals surface area contributed by atoms with Gasteiger partial charge in [0.25, 0.3) is 5.91 Å². The summed E-state index contributed by atoms with van der Waals surface area (Å²) in [6.45, 7) is 1.44. The Morgan fingerprint density at radius 3 is 2.81 bits per heavy atom. The molecule has 0 bridgehead atoms. The fourth-order valence-corrected chi connectivity index (χ4v) is 3.12. The van der Waals surface area contributed by atoms with Crippen LogP contribution in [-0.4, -0.2) is 53.0 Å². The minimum atomic E-state index is -0.554. The summed E-state index contributed by atoms with van der Waals surface area (Å²) in [4.78, 5) is 14.4. The molecule has 7 heteroatoms. The highest BCUT2D eigenvalue weighted by molar-refractivity contribution is 5.83. The van der Waals surface area contributed by atoms with Crippen LogP contribution in [0.2, 0.25) is 0 Å².